The van der Waals surface area contributed by atoms with Crippen LogP contribution in [0.4, 0.5) is 0 Å². The Labute approximate surface area is 96.7 Å². The lowest BCUT2D eigenvalue weighted by Crippen LogP contribution is -2.36. The van der Waals surface area contributed by atoms with Crippen LogP contribution in [0.25, 0.3) is 0 Å². The second-order valence-corrected chi connectivity index (χ2v) is 3.77. The highest BCUT2D eigenvalue weighted by molar-refractivity contribution is 5.77. The Morgan fingerprint density at radius 3 is 2.88 bits per heavy atom. The predicted molar refractivity (Wildman–Crippen MR) is 64.0 cm³/mol. The number of likely N-dealkylation sites (N-methyl/N-ethyl adjacent to an activating group) is 1. The van der Waals surface area contributed by atoms with Crippen molar-refractivity contribution in [2.45, 2.75) is 19.9 Å². The average molecular weight is 221 g/mol. The molecule has 16 heavy (non-hydrogen) atoms. The van der Waals surface area contributed by atoms with Crippen LogP contribution in [0.1, 0.15) is 25.6 Å². The number of rotatable bonds is 5. The van der Waals surface area contributed by atoms with E-state index in [0.29, 0.717) is 6.54 Å². The van der Waals surface area contributed by atoms with Crippen molar-refractivity contribution in [3.05, 3.63) is 30.1 Å². The van der Waals surface area contributed by atoms with Gasteiger partial charge >= 0.3 is 0 Å². The van der Waals surface area contributed by atoms with E-state index in [-0.39, 0.29) is 11.9 Å². The molecule has 0 aliphatic heterocycles. The maximum Gasteiger partial charge on any atom is 0.236 e. The fraction of sp³-hybridized carbons (Fsp3) is 0.500. The summed E-state index contributed by atoms with van der Waals surface area (Å²) in [6.07, 6.45) is 1.76. The molecule has 1 rings (SSSR count). The first-order valence-electron chi connectivity index (χ1n) is 5.53. The Balaban J connectivity index is 2.42. The third-order valence-electron chi connectivity index (χ3n) is 2.59. The zero-order chi connectivity index (χ0) is 12.0. The van der Waals surface area contributed by atoms with Gasteiger partial charge in [-0.1, -0.05) is 6.07 Å². The summed E-state index contributed by atoms with van der Waals surface area (Å²) in [6.45, 7) is 5.04. The van der Waals surface area contributed by atoms with Gasteiger partial charge in [-0.3, -0.25) is 9.78 Å². The normalized spacial score (nSPS) is 12.2. The van der Waals surface area contributed by atoms with E-state index < -0.39 is 0 Å². The molecular formula is C12H19N3O. The van der Waals surface area contributed by atoms with Crippen LogP contribution in [0, 0.1) is 0 Å². The number of pyridine rings is 1. The first-order valence-corrected chi connectivity index (χ1v) is 5.53. The van der Waals surface area contributed by atoms with Crippen molar-refractivity contribution in [2.24, 2.45) is 0 Å². The van der Waals surface area contributed by atoms with Gasteiger partial charge in [0.1, 0.15) is 0 Å². The summed E-state index contributed by atoms with van der Waals surface area (Å²) in [6, 6.07) is 5.87. The van der Waals surface area contributed by atoms with Crippen molar-refractivity contribution in [3.63, 3.8) is 0 Å². The fourth-order valence-electron chi connectivity index (χ4n) is 1.29. The van der Waals surface area contributed by atoms with E-state index in [2.05, 4.69) is 10.3 Å². The van der Waals surface area contributed by atoms with Crippen LogP contribution in [0.5, 0.6) is 0 Å². The Bertz CT molecular complexity index is 326. The van der Waals surface area contributed by atoms with E-state index in [0.717, 1.165) is 12.2 Å². The summed E-state index contributed by atoms with van der Waals surface area (Å²) < 4.78 is 0. The largest absolute Gasteiger partial charge is 0.345 e. The SMILES string of the molecule is CCN(C)C(=O)CN[C@H](C)c1ccccn1. The molecule has 1 aromatic heterocycles. The van der Waals surface area contributed by atoms with Crippen molar-refractivity contribution in [2.75, 3.05) is 20.1 Å². The number of aromatic nitrogens is 1. The van der Waals surface area contributed by atoms with Crippen LogP contribution >= 0.6 is 0 Å². The highest BCUT2D eigenvalue weighted by Crippen LogP contribution is 2.06. The molecule has 0 saturated heterocycles. The molecule has 0 bridgehead atoms. The van der Waals surface area contributed by atoms with Crippen molar-refractivity contribution in [3.8, 4) is 0 Å². The second kappa shape index (κ2) is 6.23. The van der Waals surface area contributed by atoms with Gasteiger partial charge in [0.05, 0.1) is 12.2 Å². The molecule has 1 atom stereocenters. The minimum absolute atomic E-state index is 0.0930. The van der Waals surface area contributed by atoms with Crippen LogP contribution < -0.4 is 5.32 Å². The highest BCUT2D eigenvalue weighted by atomic mass is 16.2. The number of hydrogen-bond donors (Lipinski definition) is 1. The summed E-state index contributed by atoms with van der Waals surface area (Å²) in [5, 5.41) is 3.16. The number of nitrogens with zero attached hydrogens (tertiary/aromatic N) is 2. The number of carbonyl (C=O) groups is 1. The maximum absolute atomic E-state index is 11.6. The maximum atomic E-state index is 11.6. The first-order chi connectivity index (χ1) is 7.65. The van der Waals surface area contributed by atoms with Crippen molar-refractivity contribution in [1.29, 1.82) is 0 Å². The Hall–Kier alpha value is -1.42. The smallest absolute Gasteiger partial charge is 0.236 e. The van der Waals surface area contributed by atoms with Crippen molar-refractivity contribution < 1.29 is 4.79 Å². The van der Waals surface area contributed by atoms with Crippen LogP contribution in [-0.4, -0.2) is 35.9 Å². The van der Waals surface area contributed by atoms with Gasteiger partial charge in [-0.05, 0) is 26.0 Å². The van der Waals surface area contributed by atoms with E-state index in [1.165, 1.54) is 0 Å². The molecule has 0 fully saturated rings. The number of hydrogen-bond acceptors (Lipinski definition) is 3. The molecule has 0 aromatic carbocycles. The molecule has 0 radical (unpaired) electrons. The number of carbonyl (C=O) groups excluding carboxylic acids is 1. The zero-order valence-corrected chi connectivity index (χ0v) is 10.1. The first kappa shape index (κ1) is 12.6. The molecule has 1 aromatic rings. The molecule has 0 spiro atoms. The molecule has 0 unspecified atom stereocenters. The van der Waals surface area contributed by atoms with Crippen LogP contribution in [0.3, 0.4) is 0 Å². The average Bonchev–Trinajstić information content (AvgIpc) is 2.35. The highest BCUT2D eigenvalue weighted by Gasteiger charge is 2.10. The van der Waals surface area contributed by atoms with Gasteiger partial charge in [0, 0.05) is 25.8 Å². The zero-order valence-electron chi connectivity index (χ0n) is 10.1. The molecule has 0 saturated carbocycles. The van der Waals surface area contributed by atoms with Gasteiger partial charge in [-0.2, -0.15) is 0 Å². The second-order valence-electron chi connectivity index (χ2n) is 3.77. The monoisotopic (exact) mass is 221 g/mol. The van der Waals surface area contributed by atoms with Gasteiger partial charge in [0.25, 0.3) is 0 Å². The van der Waals surface area contributed by atoms with Gasteiger partial charge in [-0.25, -0.2) is 0 Å². The molecule has 4 heteroatoms. The van der Waals surface area contributed by atoms with E-state index in [9.17, 15) is 4.79 Å². The van der Waals surface area contributed by atoms with Gasteiger partial charge < -0.3 is 10.2 Å². The standard InChI is InChI=1S/C12H19N3O/c1-4-15(3)12(16)9-14-10(2)11-7-5-6-8-13-11/h5-8,10,14H,4,9H2,1-3H3/t10-/m1/s1. The number of nitrogens with one attached hydrogen (secondary N) is 1. The molecular weight excluding hydrogens is 202 g/mol. The summed E-state index contributed by atoms with van der Waals surface area (Å²) >= 11 is 0. The van der Waals surface area contributed by atoms with Crippen LogP contribution in [-0.2, 0) is 4.79 Å². The fourth-order valence-corrected chi connectivity index (χ4v) is 1.29. The third kappa shape index (κ3) is 3.62. The topological polar surface area (TPSA) is 45.2 Å². The third-order valence-corrected chi connectivity index (χ3v) is 2.59. The van der Waals surface area contributed by atoms with Crippen molar-refractivity contribution >= 4 is 5.91 Å². The van der Waals surface area contributed by atoms with E-state index in [4.69, 9.17) is 0 Å². The number of amides is 1. The van der Waals surface area contributed by atoms with Crippen LogP contribution in [0.15, 0.2) is 24.4 Å². The van der Waals surface area contributed by atoms with Gasteiger partial charge in [0.15, 0.2) is 0 Å². The van der Waals surface area contributed by atoms with Gasteiger partial charge in [-0.15, -0.1) is 0 Å². The van der Waals surface area contributed by atoms with Gasteiger partial charge in [0.2, 0.25) is 5.91 Å². The Morgan fingerprint density at radius 2 is 2.31 bits per heavy atom. The van der Waals surface area contributed by atoms with Crippen molar-refractivity contribution in [1.82, 2.24) is 15.2 Å². The molecule has 1 amide bonds. The quantitative estimate of drug-likeness (QED) is 0.813. The minimum atomic E-state index is 0.0930. The molecule has 88 valence electrons. The molecule has 1 N–H and O–H groups in total. The molecule has 0 aliphatic rings. The lowest BCUT2D eigenvalue weighted by Gasteiger charge is -2.17. The van der Waals surface area contributed by atoms with E-state index in [1.807, 2.05) is 32.0 Å². The van der Waals surface area contributed by atoms with E-state index >= 15 is 0 Å². The summed E-state index contributed by atoms with van der Waals surface area (Å²) in [5.41, 5.74) is 0.953. The summed E-state index contributed by atoms with van der Waals surface area (Å²) in [7, 11) is 1.80. The Kier molecular flexibility index (Phi) is 4.92. The lowest BCUT2D eigenvalue weighted by molar-refractivity contribution is -0.128. The lowest BCUT2D eigenvalue weighted by atomic mass is 10.2. The Morgan fingerprint density at radius 1 is 1.56 bits per heavy atom. The minimum Gasteiger partial charge on any atom is -0.345 e. The summed E-state index contributed by atoms with van der Waals surface area (Å²) in [5.74, 6) is 0.102. The molecule has 0 aliphatic carbocycles. The summed E-state index contributed by atoms with van der Waals surface area (Å²) in [4.78, 5) is 17.5. The van der Waals surface area contributed by atoms with Crippen LogP contribution in [0.2, 0.25) is 0 Å². The molecule has 1 heterocycles. The predicted octanol–water partition coefficient (Wildman–Crippen LogP) is 1.21. The van der Waals surface area contributed by atoms with E-state index in [1.54, 1.807) is 18.1 Å². The molecule has 4 nitrogen and oxygen atoms in total.